The first-order chi connectivity index (χ1) is 65.8. The summed E-state index contributed by atoms with van der Waals surface area (Å²) in [7, 11) is -0.473. The fraction of sp³-hybridized carbons (Fsp3) is 0.0684. The summed E-state index contributed by atoms with van der Waals surface area (Å²) < 4.78 is 13.3. The Labute approximate surface area is 791 Å². The van der Waals surface area contributed by atoms with Crippen LogP contribution in [0.2, 0.25) is 5.28 Å². The van der Waals surface area contributed by atoms with E-state index in [9.17, 15) is 0 Å². The van der Waals surface area contributed by atoms with Crippen LogP contribution in [0.3, 0.4) is 0 Å². The number of rotatable bonds is 12. The number of hydrogen-bond donors (Lipinski definition) is 0. The van der Waals surface area contributed by atoms with Crippen molar-refractivity contribution in [3.63, 3.8) is 0 Å². The van der Waals surface area contributed by atoms with E-state index in [0.717, 1.165) is 112 Å². The molecular weight excluding hydrogens is 1700 g/mol. The lowest BCUT2D eigenvalue weighted by Gasteiger charge is -2.40. The summed E-state index contributed by atoms with van der Waals surface area (Å²) in [5.41, 5.74) is 31.2. The Hall–Kier alpha value is -15.4. The minimum absolute atomic E-state index is 0.264. The molecule has 25 rings (SSSR count). The zero-order chi connectivity index (χ0) is 90.1. The van der Waals surface area contributed by atoms with E-state index in [4.69, 9.17) is 55.8 Å². The lowest BCUT2D eigenvalue weighted by atomic mass is 9.65. The molecule has 0 saturated carbocycles. The van der Waals surface area contributed by atoms with Crippen molar-refractivity contribution in [3.8, 4) is 147 Å². The summed E-state index contributed by atoms with van der Waals surface area (Å²) in [6.07, 6.45) is 7.25. The number of halogens is 1. The van der Waals surface area contributed by atoms with Crippen molar-refractivity contribution in [2.24, 2.45) is 0 Å². The van der Waals surface area contributed by atoms with Gasteiger partial charge in [-0.25, -0.2) is 34.9 Å². The Morgan fingerprint density at radius 3 is 0.858 bits per heavy atom. The monoisotopic (exact) mass is 1780 g/mol. The highest BCUT2D eigenvalue weighted by Crippen LogP contribution is 2.65. The highest BCUT2D eigenvalue weighted by molar-refractivity contribution is 7.99. The molecule has 17 heteroatoms. The zero-order valence-electron chi connectivity index (χ0n) is 73.3. The van der Waals surface area contributed by atoms with Gasteiger partial charge in [0.05, 0.1) is 79.0 Å². The van der Waals surface area contributed by atoms with Crippen molar-refractivity contribution in [1.29, 1.82) is 0 Å². The third kappa shape index (κ3) is 14.9. The van der Waals surface area contributed by atoms with Crippen LogP contribution in [0.4, 0.5) is 0 Å². The normalized spacial score (nSPS) is 14.1. The maximum Gasteiger partial charge on any atom is 0.494 e. The maximum absolute atomic E-state index is 6.63. The molecule has 12 aromatic carbocycles. The van der Waals surface area contributed by atoms with Gasteiger partial charge < -0.3 is 9.31 Å². The van der Waals surface area contributed by atoms with Gasteiger partial charge in [0.1, 0.15) is 0 Å². The average Bonchev–Trinajstić information content (AvgIpc) is 1.50. The molecule has 1 saturated heterocycles. The molecule has 134 heavy (non-hydrogen) atoms. The second-order valence-corrected chi connectivity index (χ2v) is 37.2. The van der Waals surface area contributed by atoms with Crippen LogP contribution in [0, 0.1) is 0 Å². The fourth-order valence-electron chi connectivity index (χ4n) is 19.3. The van der Waals surface area contributed by atoms with Crippen LogP contribution in [0.1, 0.15) is 72.2 Å². The van der Waals surface area contributed by atoms with Gasteiger partial charge in [0.15, 0.2) is 17.5 Å². The molecule has 8 aromatic heterocycles. The molecule has 20 aromatic rings. The first-order valence-corrected chi connectivity index (χ1v) is 46.7. The molecule has 0 bridgehead atoms. The first-order valence-electron chi connectivity index (χ1n) is 44.7. The first kappa shape index (κ1) is 83.0. The number of aromatic nitrogens is 11. The van der Waals surface area contributed by atoms with Gasteiger partial charge >= 0.3 is 7.12 Å². The lowest BCUT2D eigenvalue weighted by molar-refractivity contribution is 0.00578. The summed E-state index contributed by atoms with van der Waals surface area (Å²) in [6.45, 7) is 8.45. The van der Waals surface area contributed by atoms with E-state index in [2.05, 4.69) is 266 Å². The van der Waals surface area contributed by atoms with Crippen molar-refractivity contribution >= 4 is 47.7 Å². The van der Waals surface area contributed by atoms with Gasteiger partial charge in [0.2, 0.25) is 5.28 Å². The van der Waals surface area contributed by atoms with Crippen molar-refractivity contribution in [3.05, 3.63) is 469 Å². The zero-order valence-corrected chi connectivity index (χ0v) is 75.7. The van der Waals surface area contributed by atoms with E-state index in [1.165, 1.54) is 86.3 Å². The molecule has 2 spiro atoms. The molecular formula is C117H81BClN11O2S2. The van der Waals surface area contributed by atoms with E-state index in [1.807, 2.05) is 224 Å². The van der Waals surface area contributed by atoms with Gasteiger partial charge in [0, 0.05) is 72.2 Å². The molecule has 1 fully saturated rings. The molecule has 0 radical (unpaired) electrons. The van der Waals surface area contributed by atoms with Crippen LogP contribution < -0.4 is 5.46 Å². The molecule has 2 aliphatic carbocycles. The number of benzene rings is 12. The molecule has 0 amide bonds. The quantitative estimate of drug-likeness (QED) is 0.0839. The van der Waals surface area contributed by atoms with Gasteiger partial charge in [-0.2, -0.15) is 0 Å². The fourth-order valence-corrected chi connectivity index (χ4v) is 21.8. The van der Waals surface area contributed by atoms with Crippen LogP contribution in [0.25, 0.3) is 147 Å². The molecule has 13 nitrogen and oxygen atoms in total. The average molecular weight is 1780 g/mol. The van der Waals surface area contributed by atoms with Crippen LogP contribution in [-0.4, -0.2) is 73.1 Å². The summed E-state index contributed by atoms with van der Waals surface area (Å²) >= 11 is 9.68. The second kappa shape index (κ2) is 34.4. The number of fused-ring (bicyclic) bond motifs is 18. The maximum atomic E-state index is 6.63. The van der Waals surface area contributed by atoms with Gasteiger partial charge in [0.25, 0.3) is 0 Å². The smallest absolute Gasteiger partial charge is 0.399 e. The highest BCUT2D eigenvalue weighted by atomic mass is 35.5. The Morgan fingerprint density at radius 2 is 0.515 bits per heavy atom. The van der Waals surface area contributed by atoms with Gasteiger partial charge in [-0.3, -0.25) is 19.9 Å². The second-order valence-electron chi connectivity index (χ2n) is 34.7. The molecule has 5 aliphatic rings. The van der Waals surface area contributed by atoms with Gasteiger partial charge in [-0.05, 0) is 255 Å². The van der Waals surface area contributed by atoms with Gasteiger partial charge in [-0.15, -0.1) is 0 Å². The summed E-state index contributed by atoms with van der Waals surface area (Å²) in [4.78, 5) is 57.7. The van der Waals surface area contributed by atoms with Gasteiger partial charge in [-0.1, -0.05) is 297 Å². The predicted octanol–water partition coefficient (Wildman–Crippen LogP) is 27.3. The Morgan fingerprint density at radius 1 is 0.224 bits per heavy atom. The van der Waals surface area contributed by atoms with E-state index >= 15 is 0 Å². The summed E-state index contributed by atoms with van der Waals surface area (Å²) in [6, 6.07) is 138. The Balaban J connectivity index is 0.000000128. The molecule has 3 aliphatic heterocycles. The van der Waals surface area contributed by atoms with Crippen LogP contribution in [0.5, 0.6) is 0 Å². The van der Waals surface area contributed by atoms with Crippen LogP contribution >= 0.6 is 35.1 Å². The van der Waals surface area contributed by atoms with E-state index in [1.54, 1.807) is 0 Å². The lowest BCUT2D eigenvalue weighted by Crippen LogP contribution is -2.41. The number of nitrogens with zero attached hydrogens (tertiary/aromatic N) is 11. The summed E-state index contributed by atoms with van der Waals surface area (Å²) in [5, 5.41) is 0.264. The van der Waals surface area contributed by atoms with E-state index in [0.29, 0.717) is 17.5 Å². The molecule has 638 valence electrons. The highest BCUT2D eigenvalue weighted by Gasteiger charge is 2.55. The topological polar surface area (TPSA) is 160 Å². The minimum Gasteiger partial charge on any atom is -0.399 e. The number of hydrogen-bond acceptors (Lipinski definition) is 15. The van der Waals surface area contributed by atoms with E-state index in [-0.39, 0.29) is 5.28 Å². The molecule has 0 atom stereocenters. The summed E-state index contributed by atoms with van der Waals surface area (Å²) in [5.74, 6) is 1.89. The van der Waals surface area contributed by atoms with Crippen molar-refractivity contribution in [2.45, 2.75) is 69.3 Å². The molecule has 11 heterocycles. The van der Waals surface area contributed by atoms with Crippen molar-refractivity contribution in [1.82, 2.24) is 54.8 Å². The standard InChI is InChI=1S/C55H34N6S.C46H36BN3O2S.C16H11ClN2/c1-3-15-35(16-4-1)52-59-53(36-17-5-2-6-18-36)61-54(60-52)38-26-28-51-45(32-38)55(42-21-9-7-19-40(42)41-20-8-10-22-43(41)55)44-31-37(25-27-50(44)62-51)39-33-48(46-23-11-13-29-56-46)58-49(34-39)47-24-12-14-30-57-47;1-44(2)45(3,4)52-47(51-44)31-20-22-43-37(28-31)46(34-15-7-5-13-32(34)33-14-6-8-16-35(33)46)36-25-29(19-21-42(36)53-43)30-26-40(38-17-9-11-23-48-38)50-41(27-30)39-18-10-12-24-49-39;17-16-18-14(12-7-3-1-4-8-12)11-15(19-16)13-9-5-2-6-10-13/h1-34H;5-28H,1-4H3;1-11H. The minimum atomic E-state index is -0.646. The predicted molar refractivity (Wildman–Crippen MR) is 538 cm³/mol. The third-order valence-electron chi connectivity index (χ3n) is 26.3. The SMILES string of the molecule is CC1(C)OB(c2ccc3c(c2)C2(c4cc(-c5cc(-c6ccccn6)nc(-c6ccccn6)c5)ccc4S3)c3ccccc3-c3ccccc32)OC1(C)C.Clc1nc(-c2ccccc2)cc(-c2ccccc2)n1.c1ccc(-c2nc(-c3ccccc3)nc(-c3ccc4c(c3)C3(c5cc(-c6cc(-c7ccccn7)nc(-c7ccccn7)c6)ccc5S4)c4ccccc4-c4ccccc43)n2)cc1. The Bertz CT molecular complexity index is 7400. The van der Waals surface area contributed by atoms with Crippen LogP contribution in [-0.2, 0) is 20.1 Å². The van der Waals surface area contributed by atoms with Crippen molar-refractivity contribution in [2.75, 3.05) is 0 Å². The van der Waals surface area contributed by atoms with Crippen LogP contribution in [0.15, 0.2) is 439 Å². The largest absolute Gasteiger partial charge is 0.494 e. The molecule has 0 unspecified atom stereocenters. The molecule has 0 N–H and O–H groups in total. The third-order valence-corrected chi connectivity index (χ3v) is 28.7. The van der Waals surface area contributed by atoms with Crippen molar-refractivity contribution < 1.29 is 9.31 Å². The van der Waals surface area contributed by atoms with E-state index < -0.39 is 29.2 Å². The number of pyridine rings is 6. The Kier molecular flexibility index (Phi) is 21.3.